The van der Waals surface area contributed by atoms with Crippen LogP contribution in [0.5, 0.6) is 0 Å². The molecule has 2 aliphatic heterocycles. The van der Waals surface area contributed by atoms with Crippen LogP contribution in [0.3, 0.4) is 0 Å². The third kappa shape index (κ3) is 5.45. The van der Waals surface area contributed by atoms with E-state index in [1.807, 2.05) is 56.0 Å². The van der Waals surface area contributed by atoms with E-state index in [0.29, 0.717) is 6.61 Å². The molecule has 2 heterocycles. The number of carbonyl (C=O) groups is 2. The molecule has 0 aromatic heterocycles. The van der Waals surface area contributed by atoms with Gasteiger partial charge >= 0.3 is 12.1 Å². The monoisotopic (exact) mass is 374 g/mol. The number of fused-ring (bicyclic) bond motifs is 2. The summed E-state index contributed by atoms with van der Waals surface area (Å²) in [4.78, 5) is 26.4. The van der Waals surface area contributed by atoms with Crippen molar-refractivity contribution >= 4 is 12.1 Å². The van der Waals surface area contributed by atoms with Crippen molar-refractivity contribution in [2.45, 2.75) is 76.8 Å². The number of hydrogen-bond donors (Lipinski definition) is 1. The van der Waals surface area contributed by atoms with Crippen molar-refractivity contribution < 1.29 is 19.1 Å². The Labute approximate surface area is 161 Å². The van der Waals surface area contributed by atoms with Gasteiger partial charge in [-0.1, -0.05) is 30.3 Å². The van der Waals surface area contributed by atoms with Crippen LogP contribution in [0, 0.1) is 0 Å². The summed E-state index contributed by atoms with van der Waals surface area (Å²) in [6.07, 6.45) is 3.46. The van der Waals surface area contributed by atoms with Crippen LogP contribution >= 0.6 is 0 Å². The lowest BCUT2D eigenvalue weighted by Gasteiger charge is -2.38. The number of hydrogen-bond acceptors (Lipinski definition) is 5. The SMILES string of the molecule is CC(C)(C)OC(=O)CNC1CC2CCC(C1)N2C(=O)OCc1ccccc1. The van der Waals surface area contributed by atoms with E-state index in [0.717, 1.165) is 31.2 Å². The fourth-order valence-electron chi connectivity index (χ4n) is 4.04. The van der Waals surface area contributed by atoms with E-state index >= 15 is 0 Å². The first-order chi connectivity index (χ1) is 12.8. The predicted octanol–water partition coefficient (Wildman–Crippen LogP) is 3.25. The minimum atomic E-state index is -0.469. The lowest BCUT2D eigenvalue weighted by atomic mass is 9.98. The van der Waals surface area contributed by atoms with Gasteiger partial charge in [-0.15, -0.1) is 0 Å². The highest BCUT2D eigenvalue weighted by atomic mass is 16.6. The highest BCUT2D eigenvalue weighted by Gasteiger charge is 2.44. The number of rotatable bonds is 5. The van der Waals surface area contributed by atoms with Crippen LogP contribution in [-0.2, 0) is 20.9 Å². The van der Waals surface area contributed by atoms with E-state index in [1.54, 1.807) is 0 Å². The van der Waals surface area contributed by atoms with Gasteiger partial charge in [0.05, 0.1) is 6.54 Å². The van der Waals surface area contributed by atoms with E-state index in [2.05, 4.69) is 5.32 Å². The predicted molar refractivity (Wildman–Crippen MR) is 102 cm³/mol. The molecular weight excluding hydrogens is 344 g/mol. The average Bonchev–Trinajstić information content (AvgIpc) is 2.88. The molecule has 1 aromatic rings. The maximum absolute atomic E-state index is 12.6. The second-order valence-electron chi connectivity index (χ2n) is 8.47. The normalized spacial score (nSPS) is 24.6. The summed E-state index contributed by atoms with van der Waals surface area (Å²) in [6, 6.07) is 10.3. The van der Waals surface area contributed by atoms with Gasteiger partial charge in [0.2, 0.25) is 0 Å². The first-order valence-electron chi connectivity index (χ1n) is 9.76. The third-order valence-electron chi connectivity index (χ3n) is 5.10. The van der Waals surface area contributed by atoms with Crippen molar-refractivity contribution in [1.82, 2.24) is 10.2 Å². The molecule has 2 saturated heterocycles. The average molecular weight is 374 g/mol. The fraction of sp³-hybridized carbons (Fsp3) is 0.619. The minimum Gasteiger partial charge on any atom is -0.459 e. The van der Waals surface area contributed by atoms with Crippen LogP contribution in [0.1, 0.15) is 52.0 Å². The lowest BCUT2D eigenvalue weighted by Crippen LogP contribution is -2.52. The van der Waals surface area contributed by atoms with E-state index in [9.17, 15) is 9.59 Å². The number of piperidine rings is 1. The number of benzene rings is 1. The Kier molecular flexibility index (Phi) is 6.05. The van der Waals surface area contributed by atoms with Gasteiger partial charge in [-0.05, 0) is 52.0 Å². The number of carbonyl (C=O) groups excluding carboxylic acids is 2. The van der Waals surface area contributed by atoms with E-state index in [4.69, 9.17) is 9.47 Å². The summed E-state index contributed by atoms with van der Waals surface area (Å²) in [5, 5.41) is 3.31. The summed E-state index contributed by atoms with van der Waals surface area (Å²) in [5.74, 6) is -0.237. The molecule has 0 spiro atoms. The summed E-state index contributed by atoms with van der Waals surface area (Å²) >= 11 is 0. The Morgan fingerprint density at radius 1 is 1.11 bits per heavy atom. The molecular formula is C21H30N2O4. The van der Waals surface area contributed by atoms with Crippen molar-refractivity contribution in [2.75, 3.05) is 6.54 Å². The molecule has 6 heteroatoms. The molecule has 2 fully saturated rings. The molecule has 2 unspecified atom stereocenters. The van der Waals surface area contributed by atoms with Crippen molar-refractivity contribution in [3.63, 3.8) is 0 Å². The summed E-state index contributed by atoms with van der Waals surface area (Å²) < 4.78 is 10.9. The van der Waals surface area contributed by atoms with Gasteiger partial charge in [0.25, 0.3) is 0 Å². The maximum Gasteiger partial charge on any atom is 0.410 e. The maximum atomic E-state index is 12.6. The van der Waals surface area contributed by atoms with E-state index in [-0.39, 0.29) is 36.7 Å². The van der Waals surface area contributed by atoms with Gasteiger partial charge in [-0.2, -0.15) is 0 Å². The smallest absolute Gasteiger partial charge is 0.410 e. The molecule has 0 radical (unpaired) electrons. The number of esters is 1. The van der Waals surface area contributed by atoms with Gasteiger partial charge in [-0.3, -0.25) is 4.79 Å². The quantitative estimate of drug-likeness (QED) is 0.802. The highest BCUT2D eigenvalue weighted by molar-refractivity contribution is 5.72. The van der Waals surface area contributed by atoms with E-state index < -0.39 is 5.60 Å². The Hall–Kier alpha value is -2.08. The fourth-order valence-corrected chi connectivity index (χ4v) is 4.04. The molecule has 6 nitrogen and oxygen atoms in total. The highest BCUT2D eigenvalue weighted by Crippen LogP contribution is 2.36. The first-order valence-corrected chi connectivity index (χ1v) is 9.76. The Morgan fingerprint density at radius 2 is 1.74 bits per heavy atom. The van der Waals surface area contributed by atoms with E-state index in [1.165, 1.54) is 0 Å². The number of nitrogens with one attached hydrogen (secondary N) is 1. The third-order valence-corrected chi connectivity index (χ3v) is 5.10. The standard InChI is InChI=1S/C21H30N2O4/c1-21(2,3)27-19(24)13-22-16-11-17-9-10-18(12-16)23(17)20(25)26-14-15-7-5-4-6-8-15/h4-8,16-18,22H,9-14H2,1-3H3. The van der Waals surface area contributed by atoms with Gasteiger partial charge in [-0.25, -0.2) is 4.79 Å². The zero-order valence-electron chi connectivity index (χ0n) is 16.4. The van der Waals surface area contributed by atoms with Gasteiger partial charge in [0.15, 0.2) is 0 Å². The van der Waals surface area contributed by atoms with Gasteiger partial charge < -0.3 is 19.7 Å². The summed E-state index contributed by atoms with van der Waals surface area (Å²) in [7, 11) is 0. The van der Waals surface area contributed by atoms with Gasteiger partial charge in [0.1, 0.15) is 12.2 Å². The largest absolute Gasteiger partial charge is 0.459 e. The lowest BCUT2D eigenvalue weighted by molar-refractivity contribution is -0.153. The Bertz CT molecular complexity index is 642. The first kappa shape index (κ1) is 19.7. The summed E-state index contributed by atoms with van der Waals surface area (Å²) in [6.45, 7) is 6.11. The number of ether oxygens (including phenoxy) is 2. The van der Waals surface area contributed by atoms with Crippen molar-refractivity contribution in [1.29, 1.82) is 0 Å². The second-order valence-corrected chi connectivity index (χ2v) is 8.47. The van der Waals surface area contributed by atoms with Gasteiger partial charge in [0, 0.05) is 18.1 Å². The molecule has 1 amide bonds. The molecule has 148 valence electrons. The van der Waals surface area contributed by atoms with Crippen LogP contribution in [0.4, 0.5) is 4.79 Å². The van der Waals surface area contributed by atoms with Crippen molar-refractivity contribution in [2.24, 2.45) is 0 Å². The second kappa shape index (κ2) is 8.30. The number of amides is 1. The van der Waals surface area contributed by atoms with Crippen molar-refractivity contribution in [3.05, 3.63) is 35.9 Å². The van der Waals surface area contributed by atoms with Crippen LogP contribution in [0.25, 0.3) is 0 Å². The summed E-state index contributed by atoms with van der Waals surface area (Å²) in [5.41, 5.74) is 0.524. The zero-order valence-corrected chi connectivity index (χ0v) is 16.4. The van der Waals surface area contributed by atoms with Crippen LogP contribution in [-0.4, -0.2) is 47.2 Å². The topological polar surface area (TPSA) is 67.9 Å². The minimum absolute atomic E-state index is 0.183. The Balaban J connectivity index is 1.47. The molecule has 27 heavy (non-hydrogen) atoms. The molecule has 0 saturated carbocycles. The van der Waals surface area contributed by atoms with Crippen LogP contribution in [0.2, 0.25) is 0 Å². The molecule has 2 atom stereocenters. The van der Waals surface area contributed by atoms with Crippen LogP contribution in [0.15, 0.2) is 30.3 Å². The molecule has 1 N–H and O–H groups in total. The van der Waals surface area contributed by atoms with Crippen LogP contribution < -0.4 is 5.32 Å². The Morgan fingerprint density at radius 3 is 2.33 bits per heavy atom. The molecule has 2 bridgehead atoms. The zero-order chi connectivity index (χ0) is 19.4. The molecule has 1 aromatic carbocycles. The van der Waals surface area contributed by atoms with Crippen molar-refractivity contribution in [3.8, 4) is 0 Å². The molecule has 2 aliphatic rings. The molecule has 3 rings (SSSR count). The number of nitrogens with zero attached hydrogens (tertiary/aromatic N) is 1. The molecule has 0 aliphatic carbocycles.